The maximum Gasteiger partial charge on any atom is 0.328 e. The number of hydrogen-bond donors (Lipinski definition) is 6. The fourth-order valence-corrected chi connectivity index (χ4v) is 4.80. The van der Waals surface area contributed by atoms with E-state index in [0.717, 1.165) is 57.7 Å². The lowest BCUT2D eigenvalue weighted by atomic mass is 9.80. The van der Waals surface area contributed by atoms with Gasteiger partial charge < -0.3 is 36.0 Å². The number of carboxylic acid groups (broad SMARTS) is 4. The van der Waals surface area contributed by atoms with Gasteiger partial charge >= 0.3 is 23.9 Å². The molecule has 0 spiro atoms. The molecule has 46 heavy (non-hydrogen) atoms. The Balaban J connectivity index is 0.000000545. The summed E-state index contributed by atoms with van der Waals surface area (Å²) in [4.78, 5) is 68.7. The molecular weight excluding hydrogens is 602 g/mol. The van der Waals surface area contributed by atoms with Gasteiger partial charge in [-0.25, -0.2) is 19.2 Å². The highest BCUT2D eigenvalue weighted by molar-refractivity contribution is 5.99. The number of nitrogens with one attached hydrogen (secondary N) is 2. The molecule has 1 aliphatic carbocycles. The number of nitrogens with zero attached hydrogens (tertiary/aromatic N) is 3. The summed E-state index contributed by atoms with van der Waals surface area (Å²) in [6, 6.07) is 9.60. The minimum Gasteiger partial charge on any atom is -0.478 e. The van der Waals surface area contributed by atoms with Crippen molar-refractivity contribution in [2.45, 2.75) is 51.0 Å². The van der Waals surface area contributed by atoms with E-state index < -0.39 is 29.4 Å². The van der Waals surface area contributed by atoms with E-state index in [0.29, 0.717) is 42.7 Å². The first kappa shape index (κ1) is 38.8. The molecule has 1 saturated carbocycles. The smallest absolute Gasteiger partial charge is 0.328 e. The number of amides is 2. The van der Waals surface area contributed by atoms with Gasteiger partial charge in [0, 0.05) is 61.7 Å². The average molecular weight is 644 g/mol. The van der Waals surface area contributed by atoms with Gasteiger partial charge in [-0.15, -0.1) is 0 Å². The van der Waals surface area contributed by atoms with Gasteiger partial charge in [0.25, 0.3) is 5.91 Å². The molecule has 1 saturated heterocycles. The summed E-state index contributed by atoms with van der Waals surface area (Å²) >= 11 is 0. The highest BCUT2D eigenvalue weighted by Crippen LogP contribution is 2.29. The minimum atomic E-state index is -1.26. The standard InChI is InChI=1S/C23H33N5O2.2C4H4O4/c1-2-14-27-15-17-28(18-16-27)20-8-6-19(7-9-20)21(29)26-23(10-4-3-5-11-23)22(30)25-13-12-24;2*5-3(6)1-2-4(7)8/h6-9H,2-5,10-11,13-18H2,1H3,(H,25,30)(H,26,29);2*1-2H,(H,5,6)(H,7,8)/b;2*2-1-. The van der Waals surface area contributed by atoms with E-state index in [1.165, 1.54) is 6.42 Å². The molecule has 0 atom stereocenters. The molecule has 1 aliphatic heterocycles. The Labute approximate surface area is 266 Å². The predicted octanol–water partition coefficient (Wildman–Crippen LogP) is 1.71. The normalized spacial score (nSPS) is 15.7. The molecule has 15 nitrogen and oxygen atoms in total. The minimum absolute atomic E-state index is 0.0450. The highest BCUT2D eigenvalue weighted by atomic mass is 16.4. The van der Waals surface area contributed by atoms with E-state index in [4.69, 9.17) is 25.7 Å². The van der Waals surface area contributed by atoms with Gasteiger partial charge in [-0.05, 0) is 50.1 Å². The number of aliphatic carboxylic acids is 4. The van der Waals surface area contributed by atoms with Crippen molar-refractivity contribution in [3.05, 3.63) is 54.1 Å². The van der Waals surface area contributed by atoms with Gasteiger partial charge in [0.05, 0.1) is 6.07 Å². The summed E-state index contributed by atoms with van der Waals surface area (Å²) in [7, 11) is 0. The van der Waals surface area contributed by atoms with Crippen LogP contribution in [-0.4, -0.2) is 106 Å². The van der Waals surface area contributed by atoms with Crippen LogP contribution in [0.25, 0.3) is 0 Å². The van der Waals surface area contributed by atoms with Crippen LogP contribution in [0.4, 0.5) is 5.69 Å². The number of anilines is 1. The number of carbonyl (C=O) groups is 6. The Morgan fingerprint density at radius 3 is 1.70 bits per heavy atom. The lowest BCUT2D eigenvalue weighted by Gasteiger charge is -2.37. The van der Waals surface area contributed by atoms with E-state index in [1.54, 1.807) is 0 Å². The Bertz CT molecular complexity index is 1220. The third-order valence-corrected chi connectivity index (χ3v) is 6.97. The molecule has 2 fully saturated rings. The average Bonchev–Trinajstić information content (AvgIpc) is 3.03. The molecule has 0 unspecified atom stereocenters. The summed E-state index contributed by atoms with van der Waals surface area (Å²) in [5.41, 5.74) is 0.767. The molecule has 15 heteroatoms. The number of piperazine rings is 1. The van der Waals surface area contributed by atoms with Crippen LogP contribution < -0.4 is 15.5 Å². The van der Waals surface area contributed by atoms with Gasteiger partial charge in [-0.3, -0.25) is 14.5 Å². The summed E-state index contributed by atoms with van der Waals surface area (Å²) in [5.74, 6) is -5.51. The number of carboxylic acids is 4. The number of carbonyl (C=O) groups excluding carboxylic acids is 2. The van der Waals surface area contributed by atoms with E-state index >= 15 is 0 Å². The van der Waals surface area contributed by atoms with Crippen LogP contribution in [0.15, 0.2) is 48.6 Å². The summed E-state index contributed by atoms with van der Waals surface area (Å²) in [6.07, 6.45) is 7.47. The van der Waals surface area contributed by atoms with Crippen LogP contribution in [-0.2, 0) is 24.0 Å². The lowest BCUT2D eigenvalue weighted by molar-refractivity contribution is -0.134. The quantitative estimate of drug-likeness (QED) is 0.149. The van der Waals surface area contributed by atoms with Crippen LogP contribution in [0.2, 0.25) is 0 Å². The molecule has 0 aromatic heterocycles. The van der Waals surface area contributed by atoms with Crippen LogP contribution in [0.3, 0.4) is 0 Å². The fourth-order valence-electron chi connectivity index (χ4n) is 4.80. The van der Waals surface area contributed by atoms with Gasteiger partial charge in [0.2, 0.25) is 5.91 Å². The molecule has 3 rings (SSSR count). The zero-order valence-corrected chi connectivity index (χ0v) is 25.7. The van der Waals surface area contributed by atoms with Crippen molar-refractivity contribution < 1.29 is 49.2 Å². The van der Waals surface area contributed by atoms with Crippen molar-refractivity contribution in [2.24, 2.45) is 0 Å². The Hall–Kier alpha value is -5.23. The van der Waals surface area contributed by atoms with Crippen LogP contribution >= 0.6 is 0 Å². The molecule has 1 aromatic carbocycles. The van der Waals surface area contributed by atoms with E-state index in [-0.39, 0.29) is 18.4 Å². The van der Waals surface area contributed by atoms with Gasteiger partial charge in [0.1, 0.15) is 12.1 Å². The zero-order chi connectivity index (χ0) is 34.5. The molecule has 2 amide bonds. The molecule has 1 aromatic rings. The summed E-state index contributed by atoms with van der Waals surface area (Å²) in [5, 5.41) is 45.7. The molecule has 0 radical (unpaired) electrons. The van der Waals surface area contributed by atoms with Gasteiger partial charge in [-0.2, -0.15) is 5.26 Å². The second-order valence-electron chi connectivity index (χ2n) is 10.3. The topological polar surface area (TPSA) is 238 Å². The number of rotatable bonds is 11. The van der Waals surface area contributed by atoms with Crippen molar-refractivity contribution in [1.29, 1.82) is 5.26 Å². The summed E-state index contributed by atoms with van der Waals surface area (Å²) < 4.78 is 0. The van der Waals surface area contributed by atoms with Crippen molar-refractivity contribution in [3.8, 4) is 6.07 Å². The molecule has 1 heterocycles. The second kappa shape index (κ2) is 20.7. The van der Waals surface area contributed by atoms with Gasteiger partial charge in [-0.1, -0.05) is 26.2 Å². The second-order valence-corrected chi connectivity index (χ2v) is 10.3. The van der Waals surface area contributed by atoms with E-state index in [9.17, 15) is 28.8 Å². The maximum absolute atomic E-state index is 12.9. The SMILES string of the molecule is CCCN1CCN(c2ccc(C(=O)NC3(C(=O)NCC#N)CCCCC3)cc2)CC1.O=C(O)/C=C\C(=O)O.O=C(O)/C=C\C(=O)O. The van der Waals surface area contributed by atoms with Crippen molar-refractivity contribution in [3.63, 3.8) is 0 Å². The molecular formula is C31H41N5O10. The first-order chi connectivity index (χ1) is 21.8. The van der Waals surface area contributed by atoms with E-state index in [2.05, 4.69) is 27.4 Å². The van der Waals surface area contributed by atoms with Crippen molar-refractivity contribution in [2.75, 3.05) is 44.2 Å². The third-order valence-electron chi connectivity index (χ3n) is 6.97. The third kappa shape index (κ3) is 15.0. The largest absolute Gasteiger partial charge is 0.478 e. The Kier molecular flexibility index (Phi) is 17.4. The predicted molar refractivity (Wildman–Crippen MR) is 166 cm³/mol. The Morgan fingerprint density at radius 1 is 0.804 bits per heavy atom. The highest BCUT2D eigenvalue weighted by Gasteiger charge is 2.40. The first-order valence-corrected chi connectivity index (χ1v) is 14.7. The van der Waals surface area contributed by atoms with Crippen LogP contribution in [0.5, 0.6) is 0 Å². The lowest BCUT2D eigenvalue weighted by Crippen LogP contribution is -2.59. The maximum atomic E-state index is 12.9. The molecule has 0 bridgehead atoms. The molecule has 250 valence electrons. The first-order valence-electron chi connectivity index (χ1n) is 14.7. The van der Waals surface area contributed by atoms with E-state index in [1.807, 2.05) is 30.3 Å². The molecule has 6 N–H and O–H groups in total. The number of hydrogen-bond acceptors (Lipinski definition) is 9. The number of nitriles is 1. The fraction of sp³-hybridized carbons (Fsp3) is 0.452. The molecule has 2 aliphatic rings. The Morgan fingerprint density at radius 2 is 1.28 bits per heavy atom. The van der Waals surface area contributed by atoms with Crippen molar-refractivity contribution in [1.82, 2.24) is 15.5 Å². The van der Waals surface area contributed by atoms with Crippen molar-refractivity contribution >= 4 is 41.4 Å². The van der Waals surface area contributed by atoms with Gasteiger partial charge in [0.15, 0.2) is 0 Å². The zero-order valence-electron chi connectivity index (χ0n) is 25.7. The monoisotopic (exact) mass is 643 g/mol. The van der Waals surface area contributed by atoms with Crippen LogP contribution in [0.1, 0.15) is 55.8 Å². The summed E-state index contributed by atoms with van der Waals surface area (Å²) in [6.45, 7) is 7.43. The number of benzene rings is 1. The van der Waals surface area contributed by atoms with Crippen LogP contribution in [0, 0.1) is 11.3 Å².